The number of carbonyl (C=O) groups is 2. The summed E-state index contributed by atoms with van der Waals surface area (Å²) in [5, 5.41) is 1.83. The second kappa shape index (κ2) is 8.36. The van der Waals surface area contributed by atoms with Gasteiger partial charge in [-0.25, -0.2) is 8.42 Å². The van der Waals surface area contributed by atoms with Crippen LogP contribution in [-0.2, 0) is 26.0 Å². The quantitative estimate of drug-likeness (QED) is 0.780. The third-order valence-corrected chi connectivity index (χ3v) is 7.80. The number of carbonyl (C=O) groups excluding carboxylic acids is 2. The summed E-state index contributed by atoms with van der Waals surface area (Å²) in [5.41, 5.74) is 1.49. The third-order valence-electron chi connectivity index (χ3n) is 4.59. The molecule has 0 aliphatic carbocycles. The van der Waals surface area contributed by atoms with Crippen molar-refractivity contribution >= 4 is 39.1 Å². The van der Waals surface area contributed by atoms with Gasteiger partial charge in [0.25, 0.3) is 0 Å². The van der Waals surface area contributed by atoms with Gasteiger partial charge in [0.2, 0.25) is 11.8 Å². The Morgan fingerprint density at radius 3 is 2.64 bits per heavy atom. The van der Waals surface area contributed by atoms with Crippen molar-refractivity contribution in [1.82, 2.24) is 4.90 Å². The second-order valence-corrected chi connectivity index (χ2v) is 10.2. The molecule has 0 spiro atoms. The molecule has 0 radical (unpaired) electrons. The Labute approximate surface area is 169 Å². The number of fused-ring (bicyclic) bond motifs is 1. The van der Waals surface area contributed by atoms with Crippen molar-refractivity contribution in [3.05, 3.63) is 54.1 Å². The smallest absolute Gasteiger partial charge is 0.234 e. The zero-order chi connectivity index (χ0) is 20.3. The number of hydrogen-bond donors (Lipinski definition) is 1. The van der Waals surface area contributed by atoms with Gasteiger partial charge in [-0.05, 0) is 30.7 Å². The van der Waals surface area contributed by atoms with Crippen LogP contribution >= 0.6 is 11.8 Å². The average molecular weight is 419 g/mol. The fourth-order valence-electron chi connectivity index (χ4n) is 2.93. The molecule has 2 amide bonds. The first kappa shape index (κ1) is 20.4. The lowest BCUT2D eigenvalue weighted by molar-refractivity contribution is -0.130. The Hall–Kier alpha value is -2.32. The van der Waals surface area contributed by atoms with Gasteiger partial charge in [-0.1, -0.05) is 30.3 Å². The molecule has 3 rings (SSSR count). The molecule has 1 heterocycles. The Balaban J connectivity index is 1.70. The molecule has 8 heteroatoms. The Bertz CT molecular complexity index is 991. The molecular weight excluding hydrogens is 396 g/mol. The zero-order valence-electron chi connectivity index (χ0n) is 15.7. The lowest BCUT2D eigenvalue weighted by Crippen LogP contribution is -2.31. The molecule has 2 aromatic rings. The van der Waals surface area contributed by atoms with Gasteiger partial charge in [0.05, 0.1) is 21.6 Å². The average Bonchev–Trinajstić information content (AvgIpc) is 2.67. The monoisotopic (exact) mass is 418 g/mol. The van der Waals surface area contributed by atoms with Gasteiger partial charge in [0, 0.05) is 24.9 Å². The molecule has 0 saturated heterocycles. The number of benzene rings is 2. The molecule has 0 fully saturated rings. The molecular formula is C20H22N2O4S2. The van der Waals surface area contributed by atoms with Crippen LogP contribution in [0.25, 0.3) is 0 Å². The van der Waals surface area contributed by atoms with Gasteiger partial charge in [0.15, 0.2) is 9.84 Å². The summed E-state index contributed by atoms with van der Waals surface area (Å²) in [6.07, 6.45) is -0.107. The standard InChI is InChI=1S/C20H22N2O4S2/c1-14(10-20(24)22(2)12-15-6-4-3-5-7-15)28(25,26)16-8-9-18-17(11-16)21-19(23)13-27-18/h3-9,11,14H,10,12-13H2,1-2H3,(H,21,23)/t14-/m1/s1. The third kappa shape index (κ3) is 4.56. The Morgan fingerprint density at radius 2 is 1.93 bits per heavy atom. The van der Waals surface area contributed by atoms with Crippen LogP contribution in [0.2, 0.25) is 0 Å². The van der Waals surface area contributed by atoms with Crippen molar-refractivity contribution in [1.29, 1.82) is 0 Å². The van der Waals surface area contributed by atoms with E-state index in [1.807, 2.05) is 30.3 Å². The Kier molecular flexibility index (Phi) is 6.10. The van der Waals surface area contributed by atoms with Crippen LogP contribution in [0.1, 0.15) is 18.9 Å². The molecule has 0 unspecified atom stereocenters. The predicted octanol–water partition coefficient (Wildman–Crippen LogP) is 2.94. The van der Waals surface area contributed by atoms with Gasteiger partial charge >= 0.3 is 0 Å². The van der Waals surface area contributed by atoms with Crippen LogP contribution in [0.4, 0.5) is 5.69 Å². The minimum atomic E-state index is -3.70. The SMILES string of the molecule is C[C@H](CC(=O)N(C)Cc1ccccc1)S(=O)(=O)c1ccc2c(c1)NC(=O)CS2. The number of sulfone groups is 1. The van der Waals surface area contributed by atoms with Crippen LogP contribution in [0.5, 0.6) is 0 Å². The number of anilines is 1. The predicted molar refractivity (Wildman–Crippen MR) is 110 cm³/mol. The van der Waals surface area contributed by atoms with E-state index in [0.717, 1.165) is 10.5 Å². The number of amides is 2. The number of hydrogen-bond acceptors (Lipinski definition) is 5. The molecule has 1 aliphatic heterocycles. The molecule has 0 saturated carbocycles. The van der Waals surface area contributed by atoms with E-state index in [-0.39, 0.29) is 23.1 Å². The van der Waals surface area contributed by atoms with Crippen molar-refractivity contribution in [2.45, 2.75) is 34.9 Å². The number of nitrogens with one attached hydrogen (secondary N) is 1. The maximum atomic E-state index is 12.9. The van der Waals surface area contributed by atoms with E-state index in [9.17, 15) is 18.0 Å². The minimum absolute atomic E-state index is 0.107. The normalized spacial score (nSPS) is 14.7. The highest BCUT2D eigenvalue weighted by Crippen LogP contribution is 2.34. The van der Waals surface area contributed by atoms with Crippen molar-refractivity contribution in [3.8, 4) is 0 Å². The molecule has 148 valence electrons. The van der Waals surface area contributed by atoms with Gasteiger partial charge in [0.1, 0.15) is 0 Å². The molecule has 0 aromatic heterocycles. The number of rotatable bonds is 6. The summed E-state index contributed by atoms with van der Waals surface area (Å²) < 4.78 is 25.9. The van der Waals surface area contributed by atoms with Gasteiger partial charge in [-0.3, -0.25) is 9.59 Å². The number of thioether (sulfide) groups is 1. The van der Waals surface area contributed by atoms with Crippen LogP contribution in [-0.4, -0.2) is 43.2 Å². The fourth-order valence-corrected chi connectivity index (χ4v) is 5.08. The first-order valence-electron chi connectivity index (χ1n) is 8.86. The zero-order valence-corrected chi connectivity index (χ0v) is 17.3. The Morgan fingerprint density at radius 1 is 1.21 bits per heavy atom. The van der Waals surface area contributed by atoms with Gasteiger partial charge < -0.3 is 10.2 Å². The van der Waals surface area contributed by atoms with Crippen molar-refractivity contribution < 1.29 is 18.0 Å². The van der Waals surface area contributed by atoms with Crippen molar-refractivity contribution in [2.24, 2.45) is 0 Å². The van der Waals surface area contributed by atoms with Crippen LogP contribution in [0, 0.1) is 0 Å². The molecule has 1 N–H and O–H groups in total. The van der Waals surface area contributed by atoms with Crippen LogP contribution in [0.3, 0.4) is 0 Å². The van der Waals surface area contributed by atoms with E-state index >= 15 is 0 Å². The summed E-state index contributed by atoms with van der Waals surface area (Å²) >= 11 is 1.37. The first-order valence-corrected chi connectivity index (χ1v) is 11.4. The van der Waals surface area contributed by atoms with Gasteiger partial charge in [-0.2, -0.15) is 0 Å². The van der Waals surface area contributed by atoms with E-state index in [1.165, 1.54) is 35.7 Å². The van der Waals surface area contributed by atoms with Crippen molar-refractivity contribution in [3.63, 3.8) is 0 Å². The largest absolute Gasteiger partial charge is 0.341 e. The topological polar surface area (TPSA) is 83.6 Å². The summed E-state index contributed by atoms with van der Waals surface area (Å²) in [5.74, 6) is -0.0721. The maximum Gasteiger partial charge on any atom is 0.234 e. The molecule has 1 atom stereocenters. The molecule has 28 heavy (non-hydrogen) atoms. The highest BCUT2D eigenvalue weighted by Gasteiger charge is 2.28. The molecule has 0 bridgehead atoms. The van der Waals surface area contributed by atoms with E-state index in [4.69, 9.17) is 0 Å². The molecule has 6 nitrogen and oxygen atoms in total. The van der Waals surface area contributed by atoms with E-state index in [0.29, 0.717) is 18.0 Å². The molecule has 2 aromatic carbocycles. The first-order chi connectivity index (χ1) is 13.3. The van der Waals surface area contributed by atoms with Crippen LogP contribution < -0.4 is 5.32 Å². The van der Waals surface area contributed by atoms with Crippen LogP contribution in [0.15, 0.2) is 58.3 Å². The van der Waals surface area contributed by atoms with Gasteiger partial charge in [-0.15, -0.1) is 11.8 Å². The summed E-state index contributed by atoms with van der Waals surface area (Å²) in [6, 6.07) is 14.2. The highest BCUT2D eigenvalue weighted by molar-refractivity contribution is 8.00. The lowest BCUT2D eigenvalue weighted by Gasteiger charge is -2.21. The fraction of sp³-hybridized carbons (Fsp3) is 0.300. The molecule has 1 aliphatic rings. The lowest BCUT2D eigenvalue weighted by atomic mass is 10.2. The second-order valence-electron chi connectivity index (χ2n) is 6.79. The van der Waals surface area contributed by atoms with E-state index in [1.54, 1.807) is 13.1 Å². The number of nitrogens with zero attached hydrogens (tertiary/aromatic N) is 1. The maximum absolute atomic E-state index is 12.9. The summed E-state index contributed by atoms with van der Waals surface area (Å²) in [6.45, 7) is 1.96. The summed E-state index contributed by atoms with van der Waals surface area (Å²) in [7, 11) is -2.03. The van der Waals surface area contributed by atoms with E-state index in [2.05, 4.69) is 5.32 Å². The van der Waals surface area contributed by atoms with Crippen molar-refractivity contribution in [2.75, 3.05) is 18.1 Å². The van der Waals surface area contributed by atoms with E-state index < -0.39 is 15.1 Å². The summed E-state index contributed by atoms with van der Waals surface area (Å²) in [4.78, 5) is 26.6. The highest BCUT2D eigenvalue weighted by atomic mass is 32.2. The minimum Gasteiger partial charge on any atom is -0.341 e.